The number of carboxylic acids is 1. The Bertz CT molecular complexity index is 316. The molecule has 11 heavy (non-hydrogen) atoms. The fraction of sp³-hybridized carbons (Fsp3) is 0.143. The van der Waals surface area contributed by atoms with Gasteiger partial charge in [-0.25, -0.2) is 9.78 Å². The largest absolute Gasteiger partial charge is 0.476 e. The van der Waals surface area contributed by atoms with Crippen LogP contribution >= 0.6 is 15.9 Å². The Labute approximate surface area is 73.7 Å². The molecular formula is C7H6BrNO2. The van der Waals surface area contributed by atoms with Crippen LogP contribution in [-0.4, -0.2) is 16.1 Å². The quantitative estimate of drug-likeness (QED) is 0.780. The zero-order valence-corrected chi connectivity index (χ0v) is 7.38. The first-order chi connectivity index (χ1) is 5.65. The highest BCUT2D eigenvalue weighted by molar-refractivity contribution is 9.10. The van der Waals surface area contributed by atoms with Crippen LogP contribution in [0.2, 0.25) is 0 Å². The van der Waals surface area contributed by atoms with Crippen molar-refractivity contribution >= 4 is 21.9 Å². The van der Waals surface area contributed by atoms with Crippen LogP contribution in [0.15, 0.2) is 16.6 Å². The molecule has 0 bridgehead atoms. The summed E-state index contributed by atoms with van der Waals surface area (Å²) in [5.41, 5.74) is 0.837. The maximum atomic E-state index is 10.9. The highest BCUT2D eigenvalue weighted by Crippen LogP contribution is 2.14. The molecule has 0 amide bonds. The third-order valence-corrected chi connectivity index (χ3v) is 1.82. The maximum absolute atomic E-state index is 10.9. The number of aromatic carboxylic acids is 1. The molecule has 0 aliphatic carbocycles. The minimum Gasteiger partial charge on any atom is -0.476 e. The maximum Gasteiger partial charge on any atom is 0.355 e. The summed E-state index contributed by atoms with van der Waals surface area (Å²) in [6.07, 6.45) is 0. The van der Waals surface area contributed by atoms with Crippen molar-refractivity contribution in [2.45, 2.75) is 6.92 Å². The molecule has 0 aliphatic heterocycles. The van der Waals surface area contributed by atoms with Gasteiger partial charge >= 0.3 is 5.97 Å². The molecular weight excluding hydrogens is 210 g/mol. The van der Waals surface area contributed by atoms with E-state index in [0.29, 0.717) is 10.2 Å². The number of aromatic nitrogens is 1. The molecule has 0 unspecified atom stereocenters. The molecule has 0 saturated carbocycles. The minimum absolute atomic E-state index is 0.130. The van der Waals surface area contributed by atoms with Crippen molar-refractivity contribution in [3.63, 3.8) is 0 Å². The van der Waals surface area contributed by atoms with Gasteiger partial charge in [0.05, 0.1) is 4.47 Å². The van der Waals surface area contributed by atoms with Gasteiger partial charge in [0.15, 0.2) is 5.69 Å². The second-order valence-corrected chi connectivity index (χ2v) is 2.92. The van der Waals surface area contributed by atoms with Crippen molar-refractivity contribution < 1.29 is 9.90 Å². The molecule has 0 radical (unpaired) electrons. The summed E-state index contributed by atoms with van der Waals surface area (Å²) in [5, 5.41) is 3.79. The van der Waals surface area contributed by atoms with Crippen LogP contribution in [0.3, 0.4) is 0 Å². The molecule has 1 rings (SSSR count). The fourth-order valence-corrected chi connectivity index (χ4v) is 1.07. The number of pyridine rings is 1. The van der Waals surface area contributed by atoms with Crippen molar-refractivity contribution in [2.24, 2.45) is 0 Å². The molecule has 58 valence electrons. The van der Waals surface area contributed by atoms with Gasteiger partial charge in [-0.3, -0.25) is 0 Å². The van der Waals surface area contributed by atoms with Crippen LogP contribution in [0.5, 0.6) is 0 Å². The van der Waals surface area contributed by atoms with Crippen molar-refractivity contribution in [3.05, 3.63) is 28.0 Å². The molecule has 1 heterocycles. The van der Waals surface area contributed by atoms with E-state index >= 15 is 0 Å². The third-order valence-electron chi connectivity index (χ3n) is 1.18. The molecule has 0 spiro atoms. The van der Waals surface area contributed by atoms with Gasteiger partial charge in [0.2, 0.25) is 0 Å². The van der Waals surface area contributed by atoms with Crippen LogP contribution in [0.1, 0.15) is 16.2 Å². The Morgan fingerprint density at radius 3 is 3.18 bits per heavy atom. The molecule has 1 N–H and O–H groups in total. The van der Waals surface area contributed by atoms with E-state index in [9.17, 15) is 4.79 Å². The number of hydrogen-bond acceptors (Lipinski definition) is 3. The van der Waals surface area contributed by atoms with E-state index in [1.807, 2.05) is 0 Å². The predicted octanol–water partition coefficient (Wildman–Crippen LogP) is 1.85. The lowest BCUT2D eigenvalue weighted by Crippen LogP contribution is -2.02. The highest BCUT2D eigenvalue weighted by Gasteiger charge is 2.08. The Hall–Kier alpha value is -0.900. The number of aryl methyl sites for hydroxylation is 1. The molecule has 1 aromatic heterocycles. The Balaban J connectivity index is 3.13. The van der Waals surface area contributed by atoms with E-state index in [0.717, 1.165) is 0 Å². The van der Waals surface area contributed by atoms with Gasteiger partial charge < -0.3 is 5.11 Å². The lowest BCUT2D eigenvalue weighted by Gasteiger charge is -1.97. The zero-order valence-electron chi connectivity index (χ0n) is 6.80. The van der Waals surface area contributed by atoms with Gasteiger partial charge in [0, 0.05) is 5.69 Å². The van der Waals surface area contributed by atoms with Crippen LogP contribution in [0.4, 0.5) is 0 Å². The number of halogens is 1. The Morgan fingerprint density at radius 1 is 1.82 bits per heavy atom. The van der Waals surface area contributed by atoms with Gasteiger partial charge in [-0.15, -0.1) is 0 Å². The van der Waals surface area contributed by atoms with E-state index in [-0.39, 0.29) is 5.69 Å². The summed E-state index contributed by atoms with van der Waals surface area (Å²) >= 11 is 3.13. The minimum atomic E-state index is -0.759. The molecule has 1 aromatic rings. The van der Waals surface area contributed by atoms with E-state index in [2.05, 4.69) is 26.0 Å². The van der Waals surface area contributed by atoms with Crippen LogP contribution < -0.4 is 0 Å². The van der Waals surface area contributed by atoms with Crippen LogP contribution in [0.25, 0.3) is 1.43 Å². The van der Waals surface area contributed by atoms with E-state index in [4.69, 9.17) is 1.43 Å². The summed E-state index contributed by atoms with van der Waals surface area (Å²) < 4.78 is 6.94. The number of carboxylic acid groups (broad SMARTS) is 1. The lowest BCUT2D eigenvalue weighted by molar-refractivity contribution is 0.0689. The molecule has 3 nitrogen and oxygen atoms in total. The second-order valence-electron chi connectivity index (χ2n) is 2.07. The smallest absolute Gasteiger partial charge is 0.355 e. The summed E-state index contributed by atoms with van der Waals surface area (Å²) in [6.45, 7) is 1.76. The second kappa shape index (κ2) is 3.00. The molecule has 0 aliphatic rings. The molecule has 0 saturated heterocycles. The van der Waals surface area contributed by atoms with Crippen LogP contribution in [-0.2, 0) is 0 Å². The summed E-state index contributed by atoms with van der Waals surface area (Å²) in [7, 11) is 0. The summed E-state index contributed by atoms with van der Waals surface area (Å²) in [4.78, 5) is 14.8. The van der Waals surface area contributed by atoms with E-state index in [1.165, 1.54) is 0 Å². The number of rotatable bonds is 1. The van der Waals surface area contributed by atoms with Gasteiger partial charge in [0.25, 0.3) is 1.43 Å². The third kappa shape index (κ3) is 1.77. The lowest BCUT2D eigenvalue weighted by atomic mass is 10.3. The first-order valence-corrected chi connectivity index (χ1v) is 3.75. The molecule has 0 fully saturated rings. The first kappa shape index (κ1) is 6.79. The topological polar surface area (TPSA) is 50.2 Å². The van der Waals surface area contributed by atoms with Gasteiger partial charge in [-0.1, -0.05) is 0 Å². The SMILES string of the molecule is [2H]OC(=O)c1nc(C)ccc1Br. The monoisotopic (exact) mass is 216 g/mol. The molecule has 0 aromatic carbocycles. The average molecular weight is 217 g/mol. The van der Waals surface area contributed by atoms with Crippen molar-refractivity contribution in [2.75, 3.05) is 0 Å². The predicted molar refractivity (Wildman–Crippen MR) is 43.6 cm³/mol. The summed E-state index contributed by atoms with van der Waals surface area (Å²) in [6, 6.07) is 3.44. The molecule has 4 heteroatoms. The number of nitrogens with zero attached hydrogens (tertiary/aromatic N) is 1. The van der Waals surface area contributed by atoms with E-state index < -0.39 is 5.97 Å². The Kier molecular flexibility index (Phi) is 1.85. The van der Waals surface area contributed by atoms with E-state index in [1.54, 1.807) is 19.1 Å². The highest BCUT2D eigenvalue weighted by atomic mass is 79.9. The van der Waals surface area contributed by atoms with Gasteiger partial charge in [-0.2, -0.15) is 0 Å². The number of hydrogen-bond donors (Lipinski definition) is 1. The standard InChI is InChI=1S/C7H6BrNO2/c1-4-2-3-5(8)6(9-4)7(10)11/h2-3H,1H3,(H,10,11)/i/hD. The van der Waals surface area contributed by atoms with Gasteiger partial charge in [-0.05, 0) is 35.0 Å². The van der Waals surface area contributed by atoms with Gasteiger partial charge in [0.1, 0.15) is 0 Å². The Morgan fingerprint density at radius 2 is 2.55 bits per heavy atom. The molecule has 0 atom stereocenters. The average Bonchev–Trinajstić information content (AvgIpc) is 2.08. The van der Waals surface area contributed by atoms with Crippen molar-refractivity contribution in [1.29, 1.82) is 1.43 Å². The fourth-order valence-electron chi connectivity index (χ4n) is 0.683. The normalized spacial score (nSPS) is 10.5. The van der Waals surface area contributed by atoms with Crippen molar-refractivity contribution in [3.8, 4) is 0 Å². The number of carbonyl (C=O) groups is 1. The summed E-state index contributed by atoms with van der Waals surface area (Å²) in [5.74, 6) is -0.759. The zero-order chi connectivity index (χ0) is 9.14. The van der Waals surface area contributed by atoms with Crippen molar-refractivity contribution in [1.82, 2.24) is 4.98 Å². The van der Waals surface area contributed by atoms with Crippen LogP contribution in [0, 0.1) is 6.92 Å². The first-order valence-electron chi connectivity index (χ1n) is 3.36.